The molecule has 19 heavy (non-hydrogen) atoms. The van der Waals surface area contributed by atoms with E-state index in [2.05, 4.69) is 9.97 Å². The van der Waals surface area contributed by atoms with Crippen molar-refractivity contribution in [3.63, 3.8) is 0 Å². The second kappa shape index (κ2) is 5.48. The summed E-state index contributed by atoms with van der Waals surface area (Å²) in [6.07, 6.45) is 3.52. The summed E-state index contributed by atoms with van der Waals surface area (Å²) in [5.41, 5.74) is 1.77. The molecule has 2 heterocycles. The topological polar surface area (TPSA) is 72.3 Å². The minimum absolute atomic E-state index is 0.0811. The molecule has 0 aliphatic carbocycles. The maximum absolute atomic E-state index is 11.1. The van der Waals surface area contributed by atoms with Gasteiger partial charge in [-0.1, -0.05) is 6.92 Å². The van der Waals surface area contributed by atoms with Crippen LogP contribution in [0.25, 0.3) is 0 Å². The Morgan fingerprint density at radius 3 is 2.79 bits per heavy atom. The summed E-state index contributed by atoms with van der Waals surface area (Å²) >= 11 is 0. The van der Waals surface area contributed by atoms with Crippen LogP contribution in [0.5, 0.6) is 11.5 Å². The van der Waals surface area contributed by atoms with Gasteiger partial charge in [0.1, 0.15) is 11.3 Å². The number of aromatic carboxylic acids is 1. The second-order valence-electron chi connectivity index (χ2n) is 4.03. The predicted molar refractivity (Wildman–Crippen MR) is 69.6 cm³/mol. The SMILES string of the molecule is CCc1nc(C)ccc1Oc1cnccc1C(=O)O. The van der Waals surface area contributed by atoms with Crippen molar-refractivity contribution < 1.29 is 14.6 Å². The lowest BCUT2D eigenvalue weighted by Crippen LogP contribution is -2.02. The monoisotopic (exact) mass is 258 g/mol. The molecule has 5 heteroatoms. The third-order valence-electron chi connectivity index (χ3n) is 2.64. The number of aromatic nitrogens is 2. The zero-order valence-electron chi connectivity index (χ0n) is 10.8. The molecule has 98 valence electrons. The van der Waals surface area contributed by atoms with E-state index in [0.29, 0.717) is 12.2 Å². The van der Waals surface area contributed by atoms with Gasteiger partial charge in [-0.05, 0) is 31.5 Å². The summed E-state index contributed by atoms with van der Waals surface area (Å²) in [4.78, 5) is 19.4. The number of hydrogen-bond acceptors (Lipinski definition) is 4. The smallest absolute Gasteiger partial charge is 0.339 e. The van der Waals surface area contributed by atoms with Gasteiger partial charge in [0.2, 0.25) is 0 Å². The molecule has 0 aromatic carbocycles. The van der Waals surface area contributed by atoms with E-state index in [1.807, 2.05) is 19.9 Å². The van der Waals surface area contributed by atoms with Crippen molar-refractivity contribution in [2.24, 2.45) is 0 Å². The lowest BCUT2D eigenvalue weighted by molar-refractivity contribution is 0.0694. The summed E-state index contributed by atoms with van der Waals surface area (Å²) in [5.74, 6) is -0.269. The van der Waals surface area contributed by atoms with E-state index in [0.717, 1.165) is 11.4 Å². The Morgan fingerprint density at radius 2 is 2.11 bits per heavy atom. The van der Waals surface area contributed by atoms with Gasteiger partial charge in [-0.25, -0.2) is 4.79 Å². The van der Waals surface area contributed by atoms with Crippen molar-refractivity contribution in [3.8, 4) is 11.5 Å². The van der Waals surface area contributed by atoms with Crippen LogP contribution in [0.3, 0.4) is 0 Å². The Bertz CT molecular complexity index is 611. The second-order valence-corrected chi connectivity index (χ2v) is 4.03. The molecule has 0 aliphatic rings. The van der Waals surface area contributed by atoms with Crippen molar-refractivity contribution in [1.29, 1.82) is 0 Å². The number of ether oxygens (including phenoxy) is 1. The van der Waals surface area contributed by atoms with Crippen LogP contribution in [-0.2, 0) is 6.42 Å². The largest absolute Gasteiger partial charge is 0.478 e. The Balaban J connectivity index is 2.39. The maximum Gasteiger partial charge on any atom is 0.339 e. The van der Waals surface area contributed by atoms with E-state index in [4.69, 9.17) is 9.84 Å². The molecule has 0 amide bonds. The fourth-order valence-corrected chi connectivity index (χ4v) is 1.70. The molecule has 0 fully saturated rings. The first kappa shape index (κ1) is 13.0. The number of carbonyl (C=O) groups is 1. The third kappa shape index (κ3) is 2.88. The van der Waals surface area contributed by atoms with Crippen LogP contribution in [0.2, 0.25) is 0 Å². The van der Waals surface area contributed by atoms with Crippen molar-refractivity contribution >= 4 is 5.97 Å². The summed E-state index contributed by atoms with van der Waals surface area (Å²) in [7, 11) is 0. The summed E-state index contributed by atoms with van der Waals surface area (Å²) in [6.45, 7) is 3.87. The normalized spacial score (nSPS) is 10.2. The molecule has 0 spiro atoms. The summed E-state index contributed by atoms with van der Waals surface area (Å²) in [5, 5.41) is 9.09. The van der Waals surface area contributed by atoms with Gasteiger partial charge in [0.15, 0.2) is 5.75 Å². The van der Waals surface area contributed by atoms with Gasteiger partial charge < -0.3 is 9.84 Å². The first-order valence-electron chi connectivity index (χ1n) is 5.93. The van der Waals surface area contributed by atoms with Gasteiger partial charge in [0.05, 0.1) is 11.9 Å². The van der Waals surface area contributed by atoms with Crippen LogP contribution >= 0.6 is 0 Å². The summed E-state index contributed by atoms with van der Waals surface area (Å²) < 4.78 is 5.64. The highest BCUT2D eigenvalue weighted by molar-refractivity contribution is 5.90. The van der Waals surface area contributed by atoms with Crippen LogP contribution < -0.4 is 4.74 Å². The number of aryl methyl sites for hydroxylation is 2. The summed E-state index contributed by atoms with van der Waals surface area (Å²) in [6, 6.07) is 5.02. The minimum atomic E-state index is -1.05. The zero-order chi connectivity index (χ0) is 13.8. The highest BCUT2D eigenvalue weighted by Gasteiger charge is 2.13. The van der Waals surface area contributed by atoms with Gasteiger partial charge >= 0.3 is 5.97 Å². The van der Waals surface area contributed by atoms with E-state index in [1.54, 1.807) is 6.07 Å². The fourth-order valence-electron chi connectivity index (χ4n) is 1.70. The first-order valence-corrected chi connectivity index (χ1v) is 5.93. The van der Waals surface area contributed by atoms with Gasteiger partial charge in [-0.15, -0.1) is 0 Å². The van der Waals surface area contributed by atoms with E-state index in [-0.39, 0.29) is 11.3 Å². The molecule has 2 rings (SSSR count). The number of hydrogen-bond donors (Lipinski definition) is 1. The van der Waals surface area contributed by atoms with Crippen LogP contribution in [0.1, 0.15) is 28.7 Å². The van der Waals surface area contributed by atoms with Crippen LogP contribution in [-0.4, -0.2) is 21.0 Å². The third-order valence-corrected chi connectivity index (χ3v) is 2.64. The molecule has 1 N–H and O–H groups in total. The fraction of sp³-hybridized carbons (Fsp3) is 0.214. The predicted octanol–water partition coefficient (Wildman–Crippen LogP) is 2.84. The van der Waals surface area contributed by atoms with Crippen LogP contribution in [0.4, 0.5) is 0 Å². The van der Waals surface area contributed by atoms with Crippen molar-refractivity contribution in [1.82, 2.24) is 9.97 Å². The number of carboxylic acid groups (broad SMARTS) is 1. The molecule has 0 saturated carbocycles. The highest BCUT2D eigenvalue weighted by Crippen LogP contribution is 2.27. The molecular formula is C14H14N2O3. The molecule has 0 atom stereocenters. The van der Waals surface area contributed by atoms with Crippen molar-refractivity contribution in [3.05, 3.63) is 47.5 Å². The van der Waals surface area contributed by atoms with Crippen molar-refractivity contribution in [2.75, 3.05) is 0 Å². The van der Waals surface area contributed by atoms with Gasteiger partial charge in [0.25, 0.3) is 0 Å². The van der Waals surface area contributed by atoms with E-state index in [9.17, 15) is 4.79 Å². The molecule has 5 nitrogen and oxygen atoms in total. The number of pyridine rings is 2. The number of nitrogens with zero attached hydrogens (tertiary/aromatic N) is 2. The quantitative estimate of drug-likeness (QED) is 0.912. The first-order chi connectivity index (χ1) is 9.11. The van der Waals surface area contributed by atoms with E-state index < -0.39 is 5.97 Å². The van der Waals surface area contributed by atoms with E-state index >= 15 is 0 Å². The Kier molecular flexibility index (Phi) is 3.75. The molecule has 0 bridgehead atoms. The van der Waals surface area contributed by atoms with Gasteiger partial charge in [-0.3, -0.25) is 9.97 Å². The zero-order valence-corrected chi connectivity index (χ0v) is 10.8. The molecule has 0 aliphatic heterocycles. The lowest BCUT2D eigenvalue weighted by Gasteiger charge is -2.11. The molecule has 0 radical (unpaired) electrons. The Labute approximate surface area is 110 Å². The Hall–Kier alpha value is -2.43. The molecule has 2 aromatic rings. The molecule has 2 aromatic heterocycles. The minimum Gasteiger partial charge on any atom is -0.478 e. The molecular weight excluding hydrogens is 244 g/mol. The average molecular weight is 258 g/mol. The van der Waals surface area contributed by atoms with E-state index in [1.165, 1.54) is 18.5 Å². The van der Waals surface area contributed by atoms with Gasteiger partial charge in [0, 0.05) is 11.9 Å². The van der Waals surface area contributed by atoms with Crippen LogP contribution in [0.15, 0.2) is 30.6 Å². The Morgan fingerprint density at radius 1 is 1.32 bits per heavy atom. The number of rotatable bonds is 4. The standard InChI is InChI=1S/C14H14N2O3/c1-3-11-12(5-4-9(2)16-11)19-13-8-15-7-6-10(13)14(17)18/h4-8H,3H2,1-2H3,(H,17,18). The highest BCUT2D eigenvalue weighted by atomic mass is 16.5. The average Bonchev–Trinajstić information content (AvgIpc) is 2.41. The maximum atomic E-state index is 11.1. The van der Waals surface area contributed by atoms with Crippen molar-refractivity contribution in [2.45, 2.75) is 20.3 Å². The lowest BCUT2D eigenvalue weighted by atomic mass is 10.2. The van der Waals surface area contributed by atoms with Crippen LogP contribution in [0, 0.1) is 6.92 Å². The van der Waals surface area contributed by atoms with Gasteiger partial charge in [-0.2, -0.15) is 0 Å². The molecule has 0 unspecified atom stereocenters. The number of carboxylic acids is 1. The molecule has 0 saturated heterocycles.